The molecule has 0 aliphatic heterocycles. The van der Waals surface area contributed by atoms with Gasteiger partial charge in [0, 0.05) is 17.7 Å². The standard InChI is InChI=1S/C10H5ClN4O3/c11-8-2-1-5(15(16)17)3-6(8)9-7(4-12)10(13)18-14-9/h1-3H,13H2. The third kappa shape index (κ3) is 1.85. The number of nitriles is 1. The molecule has 2 aromatic rings. The van der Waals surface area contributed by atoms with E-state index in [1.165, 1.54) is 18.2 Å². The van der Waals surface area contributed by atoms with Gasteiger partial charge in [-0.15, -0.1) is 0 Å². The third-order valence-electron chi connectivity index (χ3n) is 2.25. The first-order chi connectivity index (χ1) is 8.54. The van der Waals surface area contributed by atoms with Crippen molar-refractivity contribution in [3.63, 3.8) is 0 Å². The molecular formula is C10H5ClN4O3. The van der Waals surface area contributed by atoms with Crippen LogP contribution in [0.3, 0.4) is 0 Å². The molecule has 1 aromatic heterocycles. The number of hydrogen-bond donors (Lipinski definition) is 1. The van der Waals surface area contributed by atoms with Crippen molar-refractivity contribution in [3.8, 4) is 17.3 Å². The fraction of sp³-hybridized carbons (Fsp3) is 0. The van der Waals surface area contributed by atoms with Crippen LogP contribution in [0.15, 0.2) is 22.7 Å². The van der Waals surface area contributed by atoms with Crippen molar-refractivity contribution in [2.45, 2.75) is 0 Å². The Hall–Kier alpha value is -2.59. The van der Waals surface area contributed by atoms with E-state index in [9.17, 15) is 10.1 Å². The number of rotatable bonds is 2. The van der Waals surface area contributed by atoms with Crippen molar-refractivity contribution in [2.75, 3.05) is 5.73 Å². The van der Waals surface area contributed by atoms with Crippen LogP contribution in [0.5, 0.6) is 0 Å². The number of halogens is 1. The number of nitrogens with zero attached hydrogens (tertiary/aromatic N) is 3. The number of aromatic nitrogens is 1. The Morgan fingerprint density at radius 1 is 1.56 bits per heavy atom. The molecule has 8 heteroatoms. The molecule has 2 N–H and O–H groups in total. The Morgan fingerprint density at radius 3 is 2.89 bits per heavy atom. The first-order valence-electron chi connectivity index (χ1n) is 4.64. The second kappa shape index (κ2) is 4.35. The Balaban J connectivity index is 2.67. The molecule has 2 rings (SSSR count). The van der Waals surface area contributed by atoms with Crippen LogP contribution in [0, 0.1) is 21.4 Å². The molecule has 0 saturated carbocycles. The van der Waals surface area contributed by atoms with Crippen molar-refractivity contribution in [2.24, 2.45) is 0 Å². The number of anilines is 1. The van der Waals surface area contributed by atoms with E-state index in [1.807, 2.05) is 6.07 Å². The van der Waals surface area contributed by atoms with Gasteiger partial charge in [0.2, 0.25) is 5.88 Å². The summed E-state index contributed by atoms with van der Waals surface area (Å²) < 4.78 is 4.67. The van der Waals surface area contributed by atoms with Crippen molar-refractivity contribution >= 4 is 23.2 Å². The van der Waals surface area contributed by atoms with Gasteiger partial charge in [0.05, 0.1) is 9.95 Å². The highest BCUT2D eigenvalue weighted by molar-refractivity contribution is 6.33. The summed E-state index contributed by atoms with van der Waals surface area (Å²) in [7, 11) is 0. The monoisotopic (exact) mass is 264 g/mol. The zero-order valence-electron chi connectivity index (χ0n) is 8.75. The van der Waals surface area contributed by atoms with Crippen LogP contribution in [-0.4, -0.2) is 10.1 Å². The number of nitro benzene ring substituents is 1. The Labute approximate surface area is 106 Å². The molecule has 0 fully saturated rings. The Bertz CT molecular complexity index is 674. The van der Waals surface area contributed by atoms with E-state index in [0.717, 1.165) is 0 Å². The molecule has 0 bridgehead atoms. The molecule has 0 saturated heterocycles. The first-order valence-corrected chi connectivity index (χ1v) is 5.02. The summed E-state index contributed by atoms with van der Waals surface area (Å²) in [6.45, 7) is 0. The summed E-state index contributed by atoms with van der Waals surface area (Å²) in [6.07, 6.45) is 0. The average Bonchev–Trinajstić information content (AvgIpc) is 2.70. The Morgan fingerprint density at radius 2 is 2.28 bits per heavy atom. The molecule has 0 aliphatic rings. The van der Waals surface area contributed by atoms with Crippen LogP contribution >= 0.6 is 11.6 Å². The van der Waals surface area contributed by atoms with E-state index < -0.39 is 4.92 Å². The number of nitro groups is 1. The molecule has 90 valence electrons. The van der Waals surface area contributed by atoms with Crippen LogP contribution in [0.4, 0.5) is 11.6 Å². The zero-order valence-corrected chi connectivity index (χ0v) is 9.51. The topological polar surface area (TPSA) is 119 Å². The number of non-ortho nitro benzene ring substituents is 1. The van der Waals surface area contributed by atoms with Gasteiger partial charge in [0.1, 0.15) is 17.3 Å². The number of nitrogens with two attached hydrogens (primary N) is 1. The number of hydrogen-bond acceptors (Lipinski definition) is 6. The van der Waals surface area contributed by atoms with Crippen molar-refractivity contribution < 1.29 is 9.45 Å². The van der Waals surface area contributed by atoms with Gasteiger partial charge in [0.25, 0.3) is 5.69 Å². The van der Waals surface area contributed by atoms with Gasteiger partial charge in [-0.3, -0.25) is 10.1 Å². The van der Waals surface area contributed by atoms with Crippen LogP contribution in [0.25, 0.3) is 11.3 Å². The largest absolute Gasteiger partial charge is 0.366 e. The van der Waals surface area contributed by atoms with Gasteiger partial charge in [-0.1, -0.05) is 16.8 Å². The van der Waals surface area contributed by atoms with Crippen molar-refractivity contribution in [1.29, 1.82) is 5.26 Å². The van der Waals surface area contributed by atoms with Gasteiger partial charge in [-0.2, -0.15) is 5.26 Å². The SMILES string of the molecule is N#Cc1c(-c2cc([N+](=O)[O-])ccc2Cl)noc1N. The summed E-state index contributed by atoms with van der Waals surface area (Å²) in [6, 6.07) is 5.62. The molecule has 7 nitrogen and oxygen atoms in total. The molecule has 0 unspecified atom stereocenters. The minimum atomic E-state index is -0.574. The lowest BCUT2D eigenvalue weighted by atomic mass is 10.1. The first kappa shape index (κ1) is 11.9. The zero-order chi connectivity index (χ0) is 13.3. The molecule has 18 heavy (non-hydrogen) atoms. The smallest absolute Gasteiger partial charge is 0.270 e. The minimum Gasteiger partial charge on any atom is -0.366 e. The second-order valence-corrected chi connectivity index (χ2v) is 3.71. The van der Waals surface area contributed by atoms with E-state index in [2.05, 4.69) is 9.68 Å². The Kier molecular flexibility index (Phi) is 2.87. The lowest BCUT2D eigenvalue weighted by Crippen LogP contribution is -1.91. The highest BCUT2D eigenvalue weighted by atomic mass is 35.5. The second-order valence-electron chi connectivity index (χ2n) is 3.30. The maximum absolute atomic E-state index is 10.7. The summed E-state index contributed by atoms with van der Waals surface area (Å²) in [5.74, 6) is -0.157. The minimum absolute atomic E-state index is 0.00241. The number of nitrogen functional groups attached to an aromatic ring is 1. The fourth-order valence-corrected chi connectivity index (χ4v) is 1.61. The lowest BCUT2D eigenvalue weighted by Gasteiger charge is -2.00. The van der Waals surface area contributed by atoms with Crippen molar-refractivity contribution in [3.05, 3.63) is 38.9 Å². The quantitative estimate of drug-likeness (QED) is 0.657. The van der Waals surface area contributed by atoms with Gasteiger partial charge in [0.15, 0.2) is 0 Å². The van der Waals surface area contributed by atoms with Crippen LogP contribution in [0.1, 0.15) is 5.56 Å². The van der Waals surface area contributed by atoms with Gasteiger partial charge < -0.3 is 10.3 Å². The van der Waals surface area contributed by atoms with E-state index in [1.54, 1.807) is 0 Å². The van der Waals surface area contributed by atoms with E-state index in [-0.39, 0.29) is 33.4 Å². The average molecular weight is 265 g/mol. The molecule has 1 aromatic carbocycles. The van der Waals surface area contributed by atoms with Crippen molar-refractivity contribution in [1.82, 2.24) is 5.16 Å². The van der Waals surface area contributed by atoms with Crippen LogP contribution in [-0.2, 0) is 0 Å². The highest BCUT2D eigenvalue weighted by Crippen LogP contribution is 2.34. The van der Waals surface area contributed by atoms with Crippen LogP contribution in [0.2, 0.25) is 5.02 Å². The molecule has 0 aliphatic carbocycles. The predicted octanol–water partition coefficient (Wildman–Crippen LogP) is 2.36. The third-order valence-corrected chi connectivity index (χ3v) is 2.58. The molecule has 0 radical (unpaired) electrons. The molecule has 0 spiro atoms. The summed E-state index contributed by atoms with van der Waals surface area (Å²) in [5.41, 5.74) is 5.55. The molecule has 0 amide bonds. The summed E-state index contributed by atoms with van der Waals surface area (Å²) in [4.78, 5) is 10.1. The molecule has 1 heterocycles. The van der Waals surface area contributed by atoms with Gasteiger partial charge >= 0.3 is 0 Å². The fourth-order valence-electron chi connectivity index (χ4n) is 1.40. The molecular weight excluding hydrogens is 260 g/mol. The van der Waals surface area contributed by atoms with E-state index >= 15 is 0 Å². The predicted molar refractivity (Wildman–Crippen MR) is 62.7 cm³/mol. The highest BCUT2D eigenvalue weighted by Gasteiger charge is 2.20. The normalized spacial score (nSPS) is 10.0. The van der Waals surface area contributed by atoms with Gasteiger partial charge in [-0.05, 0) is 6.07 Å². The van der Waals surface area contributed by atoms with E-state index in [0.29, 0.717) is 0 Å². The van der Waals surface area contributed by atoms with Gasteiger partial charge in [-0.25, -0.2) is 0 Å². The lowest BCUT2D eigenvalue weighted by molar-refractivity contribution is -0.384. The molecule has 0 atom stereocenters. The maximum atomic E-state index is 10.7. The number of benzene rings is 1. The van der Waals surface area contributed by atoms with Crippen LogP contribution < -0.4 is 5.73 Å². The van der Waals surface area contributed by atoms with E-state index in [4.69, 9.17) is 22.6 Å². The summed E-state index contributed by atoms with van der Waals surface area (Å²) in [5, 5.41) is 23.4. The summed E-state index contributed by atoms with van der Waals surface area (Å²) >= 11 is 5.92. The maximum Gasteiger partial charge on any atom is 0.270 e.